The number of rotatable bonds is 6. The number of benzene rings is 1. The van der Waals surface area contributed by atoms with E-state index in [0.29, 0.717) is 16.8 Å². The summed E-state index contributed by atoms with van der Waals surface area (Å²) in [5.74, 6) is 1.41. The molecule has 2 N–H and O–H groups in total. The largest absolute Gasteiger partial charge is 0.368 e. The van der Waals surface area contributed by atoms with Crippen LogP contribution in [-0.4, -0.2) is 38.6 Å². The molecule has 2 aromatic heterocycles. The molecular weight excluding hydrogens is 370 g/mol. The Kier molecular flexibility index (Phi) is 5.52. The number of aromatic nitrogens is 5. The maximum atomic E-state index is 6.12. The van der Waals surface area contributed by atoms with Crippen LogP contribution in [0.2, 0.25) is 5.02 Å². The summed E-state index contributed by atoms with van der Waals surface area (Å²) in [6, 6.07) is 5.80. The van der Waals surface area contributed by atoms with Crippen molar-refractivity contribution < 1.29 is 0 Å². The van der Waals surface area contributed by atoms with Gasteiger partial charge in [-0.15, -0.1) is 0 Å². The summed E-state index contributed by atoms with van der Waals surface area (Å²) in [4.78, 5) is 19.6. The second kappa shape index (κ2) is 7.67. The molecule has 2 heterocycles. The van der Waals surface area contributed by atoms with Crippen molar-refractivity contribution in [2.75, 3.05) is 24.7 Å². The lowest BCUT2D eigenvalue weighted by molar-refractivity contribution is 0.637. The van der Waals surface area contributed by atoms with E-state index in [2.05, 4.69) is 26.4 Å². The van der Waals surface area contributed by atoms with Gasteiger partial charge in [0, 0.05) is 25.7 Å². The van der Waals surface area contributed by atoms with E-state index >= 15 is 0 Å². The van der Waals surface area contributed by atoms with E-state index in [4.69, 9.17) is 22.3 Å². The van der Waals surface area contributed by atoms with Crippen LogP contribution >= 0.6 is 23.4 Å². The van der Waals surface area contributed by atoms with Gasteiger partial charge in [0.2, 0.25) is 11.9 Å². The number of halogens is 1. The molecule has 0 saturated carbocycles. The lowest BCUT2D eigenvalue weighted by Crippen LogP contribution is -2.16. The molecule has 9 heteroatoms. The zero-order valence-electron chi connectivity index (χ0n) is 15.3. The predicted molar refractivity (Wildman–Crippen MR) is 108 cm³/mol. The van der Waals surface area contributed by atoms with E-state index in [1.165, 1.54) is 0 Å². The van der Waals surface area contributed by atoms with Gasteiger partial charge >= 0.3 is 0 Å². The Morgan fingerprint density at radius 1 is 1.23 bits per heavy atom. The summed E-state index contributed by atoms with van der Waals surface area (Å²) in [5.41, 5.74) is 7.82. The van der Waals surface area contributed by atoms with E-state index in [0.717, 1.165) is 29.2 Å². The number of hydrogen-bond donors (Lipinski definition) is 1. The Morgan fingerprint density at radius 3 is 2.69 bits per heavy atom. The van der Waals surface area contributed by atoms with Crippen molar-refractivity contribution >= 4 is 46.3 Å². The molecule has 0 aliphatic carbocycles. The molecule has 0 bridgehead atoms. The van der Waals surface area contributed by atoms with E-state index in [1.807, 2.05) is 44.1 Å². The van der Waals surface area contributed by atoms with Crippen LogP contribution in [0.5, 0.6) is 0 Å². The molecule has 1 aromatic carbocycles. The minimum Gasteiger partial charge on any atom is -0.368 e. The highest BCUT2D eigenvalue weighted by molar-refractivity contribution is 7.99. The Bertz CT molecular complexity index is 925. The number of imidazole rings is 1. The third-order valence-electron chi connectivity index (χ3n) is 3.83. The van der Waals surface area contributed by atoms with Crippen LogP contribution in [-0.2, 0) is 6.54 Å². The molecule has 0 spiro atoms. The van der Waals surface area contributed by atoms with Crippen molar-refractivity contribution in [2.24, 2.45) is 0 Å². The molecule has 26 heavy (non-hydrogen) atoms. The second-order valence-corrected chi connectivity index (χ2v) is 7.93. The first-order valence-corrected chi connectivity index (χ1v) is 9.66. The standard InChI is InChI=1S/C17H22ClN7S/c1-5-8-25-13-7-6-11(18)9-12(13)20-17(25)26-10(2)14-21-15(19)23-16(22-14)24(3)4/h6-7,9-10H,5,8H2,1-4H3,(H2,19,21,22,23)/t10-/m0/s1. The van der Waals surface area contributed by atoms with Crippen molar-refractivity contribution in [1.82, 2.24) is 24.5 Å². The highest BCUT2D eigenvalue weighted by atomic mass is 35.5. The van der Waals surface area contributed by atoms with Gasteiger partial charge in [-0.05, 0) is 31.5 Å². The Hall–Kier alpha value is -2.06. The number of nitrogen functional groups attached to an aromatic ring is 1. The normalized spacial score (nSPS) is 12.5. The van der Waals surface area contributed by atoms with Crippen molar-refractivity contribution in [3.8, 4) is 0 Å². The van der Waals surface area contributed by atoms with E-state index in [1.54, 1.807) is 11.8 Å². The molecule has 0 aliphatic heterocycles. The van der Waals surface area contributed by atoms with E-state index in [9.17, 15) is 0 Å². The summed E-state index contributed by atoms with van der Waals surface area (Å²) in [6.45, 7) is 5.08. The molecule has 0 unspecified atom stereocenters. The van der Waals surface area contributed by atoms with Gasteiger partial charge in [-0.25, -0.2) is 4.98 Å². The zero-order valence-corrected chi connectivity index (χ0v) is 16.8. The third-order valence-corrected chi connectivity index (χ3v) is 5.15. The van der Waals surface area contributed by atoms with Crippen molar-refractivity contribution in [3.63, 3.8) is 0 Å². The fraction of sp³-hybridized carbons (Fsp3) is 0.412. The number of aryl methyl sites for hydroxylation is 1. The first-order valence-electron chi connectivity index (χ1n) is 8.40. The van der Waals surface area contributed by atoms with Crippen LogP contribution in [0.1, 0.15) is 31.3 Å². The number of anilines is 2. The molecule has 0 fully saturated rings. The average Bonchev–Trinajstić information content (AvgIpc) is 2.91. The first-order chi connectivity index (χ1) is 12.4. The Morgan fingerprint density at radius 2 is 2.00 bits per heavy atom. The molecule has 3 aromatic rings. The summed E-state index contributed by atoms with van der Waals surface area (Å²) in [5, 5.41) is 1.58. The molecule has 138 valence electrons. The highest BCUT2D eigenvalue weighted by Crippen LogP contribution is 2.35. The Balaban J connectivity index is 1.96. The fourth-order valence-electron chi connectivity index (χ4n) is 2.60. The monoisotopic (exact) mass is 391 g/mol. The smallest absolute Gasteiger partial charge is 0.229 e. The Labute approximate surface area is 162 Å². The summed E-state index contributed by atoms with van der Waals surface area (Å²) >= 11 is 7.73. The summed E-state index contributed by atoms with van der Waals surface area (Å²) in [6.07, 6.45) is 1.01. The minimum atomic E-state index is -0.0260. The molecule has 0 amide bonds. The topological polar surface area (TPSA) is 85.8 Å². The maximum Gasteiger partial charge on any atom is 0.229 e. The van der Waals surface area contributed by atoms with Gasteiger partial charge in [-0.3, -0.25) is 0 Å². The zero-order chi connectivity index (χ0) is 18.8. The molecular formula is C17H22ClN7S. The summed E-state index contributed by atoms with van der Waals surface area (Å²) in [7, 11) is 3.75. The minimum absolute atomic E-state index is 0.0260. The predicted octanol–water partition coefficient (Wildman–Crippen LogP) is 3.79. The molecule has 3 rings (SSSR count). The van der Waals surface area contributed by atoms with Crippen molar-refractivity contribution in [2.45, 2.75) is 37.2 Å². The fourth-order valence-corrected chi connectivity index (χ4v) is 3.76. The van der Waals surface area contributed by atoms with Gasteiger partial charge in [0.1, 0.15) is 5.82 Å². The average molecular weight is 392 g/mol. The number of hydrogen-bond acceptors (Lipinski definition) is 7. The van der Waals surface area contributed by atoms with Crippen LogP contribution in [0.3, 0.4) is 0 Å². The number of nitrogens with two attached hydrogens (primary N) is 1. The van der Waals surface area contributed by atoms with Gasteiger partial charge in [0.25, 0.3) is 0 Å². The van der Waals surface area contributed by atoms with Crippen LogP contribution < -0.4 is 10.6 Å². The van der Waals surface area contributed by atoms with Gasteiger partial charge in [-0.1, -0.05) is 30.3 Å². The molecule has 7 nitrogen and oxygen atoms in total. The van der Waals surface area contributed by atoms with E-state index < -0.39 is 0 Å². The maximum absolute atomic E-state index is 6.12. The van der Waals surface area contributed by atoms with Crippen molar-refractivity contribution in [1.29, 1.82) is 0 Å². The molecule has 0 saturated heterocycles. The second-order valence-electron chi connectivity index (χ2n) is 6.19. The third kappa shape index (κ3) is 3.86. The molecule has 1 atom stereocenters. The van der Waals surface area contributed by atoms with Gasteiger partial charge in [0.15, 0.2) is 5.16 Å². The van der Waals surface area contributed by atoms with E-state index in [-0.39, 0.29) is 11.2 Å². The number of thioether (sulfide) groups is 1. The van der Waals surface area contributed by atoms with Crippen LogP contribution in [0.15, 0.2) is 23.4 Å². The number of fused-ring (bicyclic) bond motifs is 1. The summed E-state index contributed by atoms with van der Waals surface area (Å²) < 4.78 is 2.21. The van der Waals surface area contributed by atoms with Crippen LogP contribution in [0, 0.1) is 0 Å². The lowest BCUT2D eigenvalue weighted by atomic mass is 10.3. The van der Waals surface area contributed by atoms with Gasteiger partial charge in [-0.2, -0.15) is 15.0 Å². The van der Waals surface area contributed by atoms with Crippen LogP contribution in [0.4, 0.5) is 11.9 Å². The highest BCUT2D eigenvalue weighted by Gasteiger charge is 2.19. The number of nitrogens with zero attached hydrogens (tertiary/aromatic N) is 6. The van der Waals surface area contributed by atoms with Gasteiger partial charge in [0.05, 0.1) is 16.3 Å². The lowest BCUT2D eigenvalue weighted by Gasteiger charge is -2.15. The SMILES string of the molecule is CCCn1c(S[C@@H](C)c2nc(N)nc(N(C)C)n2)nc2cc(Cl)ccc21. The molecule has 0 aliphatic rings. The van der Waals surface area contributed by atoms with Crippen LogP contribution in [0.25, 0.3) is 11.0 Å². The molecule has 0 radical (unpaired) electrons. The van der Waals surface area contributed by atoms with Gasteiger partial charge < -0.3 is 15.2 Å². The van der Waals surface area contributed by atoms with Crippen molar-refractivity contribution in [3.05, 3.63) is 29.0 Å². The first kappa shape index (κ1) is 18.7. The quantitative estimate of drug-likeness (QED) is 0.639.